The molecule has 0 amide bonds. The molecule has 2 rings (SSSR count). The first-order chi connectivity index (χ1) is 8.94. The SMILES string of the molecule is COc1cc(C2(C(F)(F)F)N=N2)ccc1CN=[N+]=[N-]. The van der Waals surface area contributed by atoms with Gasteiger partial charge in [0.1, 0.15) is 5.75 Å². The summed E-state index contributed by atoms with van der Waals surface area (Å²) in [5, 5.41) is 9.55. The van der Waals surface area contributed by atoms with Gasteiger partial charge >= 0.3 is 11.8 Å². The average Bonchev–Trinajstić information content (AvgIpc) is 3.17. The van der Waals surface area contributed by atoms with Crippen molar-refractivity contribution in [2.45, 2.75) is 18.4 Å². The number of azide groups is 1. The first kappa shape index (κ1) is 13.2. The van der Waals surface area contributed by atoms with E-state index in [9.17, 15) is 13.2 Å². The van der Waals surface area contributed by atoms with Gasteiger partial charge in [0, 0.05) is 10.5 Å². The summed E-state index contributed by atoms with van der Waals surface area (Å²) in [5.74, 6) is 0.200. The van der Waals surface area contributed by atoms with Crippen molar-refractivity contribution in [3.05, 3.63) is 39.8 Å². The van der Waals surface area contributed by atoms with Crippen molar-refractivity contribution >= 4 is 0 Å². The molecular formula is C10H8F3N5O. The monoisotopic (exact) mass is 271 g/mol. The molecule has 1 aromatic carbocycles. The molecule has 1 aliphatic heterocycles. The minimum absolute atomic E-state index is 0.00669. The Morgan fingerprint density at radius 3 is 2.58 bits per heavy atom. The Labute approximate surface area is 105 Å². The van der Waals surface area contributed by atoms with Crippen LogP contribution in [0, 0.1) is 0 Å². The maximum Gasteiger partial charge on any atom is 0.442 e. The molecule has 0 bridgehead atoms. The number of halogens is 3. The van der Waals surface area contributed by atoms with Crippen LogP contribution in [0.3, 0.4) is 0 Å². The smallest absolute Gasteiger partial charge is 0.442 e. The van der Waals surface area contributed by atoms with Crippen LogP contribution in [0.2, 0.25) is 0 Å². The van der Waals surface area contributed by atoms with Gasteiger partial charge in [-0.25, -0.2) is 0 Å². The number of nitrogens with zero attached hydrogens (tertiary/aromatic N) is 5. The van der Waals surface area contributed by atoms with Crippen LogP contribution >= 0.6 is 0 Å². The van der Waals surface area contributed by atoms with E-state index in [-0.39, 0.29) is 17.9 Å². The summed E-state index contributed by atoms with van der Waals surface area (Å²) >= 11 is 0. The summed E-state index contributed by atoms with van der Waals surface area (Å²) in [4.78, 5) is 2.58. The van der Waals surface area contributed by atoms with Crippen molar-refractivity contribution in [1.82, 2.24) is 0 Å². The van der Waals surface area contributed by atoms with E-state index >= 15 is 0 Å². The van der Waals surface area contributed by atoms with Crippen molar-refractivity contribution < 1.29 is 17.9 Å². The molecule has 6 nitrogen and oxygen atoms in total. The number of methoxy groups -OCH3 is 1. The molecule has 0 atom stereocenters. The first-order valence-corrected chi connectivity index (χ1v) is 5.13. The molecule has 9 heteroatoms. The Balaban J connectivity index is 2.37. The molecule has 100 valence electrons. The van der Waals surface area contributed by atoms with Crippen LogP contribution in [0.5, 0.6) is 5.75 Å². The normalized spacial score (nSPS) is 15.8. The number of hydrogen-bond donors (Lipinski definition) is 0. The van der Waals surface area contributed by atoms with Gasteiger partial charge in [0.05, 0.1) is 13.7 Å². The highest BCUT2D eigenvalue weighted by molar-refractivity contribution is 5.42. The molecule has 0 saturated carbocycles. The van der Waals surface area contributed by atoms with Gasteiger partial charge in [0.25, 0.3) is 0 Å². The number of hydrogen-bond acceptors (Lipinski definition) is 4. The van der Waals surface area contributed by atoms with E-state index in [2.05, 4.69) is 20.3 Å². The van der Waals surface area contributed by atoms with Gasteiger partial charge in [-0.2, -0.15) is 13.2 Å². The third-order valence-corrected chi connectivity index (χ3v) is 2.69. The Hall–Kier alpha value is -2.28. The van der Waals surface area contributed by atoms with Gasteiger partial charge in [0.15, 0.2) is 0 Å². The van der Waals surface area contributed by atoms with Crippen molar-refractivity contribution in [3.8, 4) is 5.75 Å². The van der Waals surface area contributed by atoms with Crippen LogP contribution in [0.4, 0.5) is 13.2 Å². The number of alkyl halides is 3. The fraction of sp³-hybridized carbons (Fsp3) is 0.400. The van der Waals surface area contributed by atoms with Gasteiger partial charge in [-0.15, -0.1) is 10.2 Å². The molecule has 1 heterocycles. The lowest BCUT2D eigenvalue weighted by Crippen LogP contribution is -2.30. The molecule has 1 aromatic rings. The largest absolute Gasteiger partial charge is 0.496 e. The molecular weight excluding hydrogens is 263 g/mol. The molecule has 0 fully saturated rings. The van der Waals surface area contributed by atoms with Gasteiger partial charge in [-0.1, -0.05) is 17.2 Å². The summed E-state index contributed by atoms with van der Waals surface area (Å²) < 4.78 is 43.5. The van der Waals surface area contributed by atoms with Crippen LogP contribution in [0.1, 0.15) is 11.1 Å². The van der Waals surface area contributed by atoms with E-state index in [1.807, 2.05) is 0 Å². The summed E-state index contributed by atoms with van der Waals surface area (Å²) in [5.41, 5.74) is 6.12. The molecule has 0 unspecified atom stereocenters. The standard InChI is InChI=1S/C10H8F3N5O/c1-19-8-4-7(3-2-6(8)5-15-18-14)9(16-17-9)10(11,12)13/h2-4H,5H2,1H3. The second-order valence-electron chi connectivity index (χ2n) is 3.79. The minimum atomic E-state index is -4.58. The molecule has 0 radical (unpaired) electrons. The number of rotatable bonds is 4. The highest BCUT2D eigenvalue weighted by Crippen LogP contribution is 2.52. The summed E-state index contributed by atoms with van der Waals surface area (Å²) in [6.07, 6.45) is -4.58. The second-order valence-corrected chi connectivity index (χ2v) is 3.79. The van der Waals surface area contributed by atoms with Gasteiger partial charge in [0.2, 0.25) is 0 Å². The lowest BCUT2D eigenvalue weighted by molar-refractivity contribution is -0.166. The topological polar surface area (TPSA) is 82.7 Å². The summed E-state index contributed by atoms with van der Waals surface area (Å²) in [6.45, 7) is -0.00669. The average molecular weight is 271 g/mol. The molecule has 1 aliphatic rings. The lowest BCUT2D eigenvalue weighted by atomic mass is 10.0. The highest BCUT2D eigenvalue weighted by atomic mass is 19.4. The first-order valence-electron chi connectivity index (χ1n) is 5.13. The van der Waals surface area contributed by atoms with Crippen LogP contribution < -0.4 is 4.74 Å². The minimum Gasteiger partial charge on any atom is -0.496 e. The Morgan fingerprint density at radius 1 is 1.42 bits per heavy atom. The quantitative estimate of drug-likeness (QED) is 0.467. The number of ether oxygens (including phenoxy) is 1. The van der Waals surface area contributed by atoms with E-state index in [0.717, 1.165) is 0 Å². The lowest BCUT2D eigenvalue weighted by Gasteiger charge is -2.16. The number of benzene rings is 1. The summed E-state index contributed by atoms with van der Waals surface area (Å²) in [6, 6.07) is 3.85. The highest BCUT2D eigenvalue weighted by Gasteiger charge is 2.65. The zero-order valence-corrected chi connectivity index (χ0v) is 9.72. The van der Waals surface area contributed by atoms with Gasteiger partial charge in [-0.05, 0) is 17.2 Å². The zero-order valence-electron chi connectivity index (χ0n) is 9.72. The van der Waals surface area contributed by atoms with E-state index < -0.39 is 11.8 Å². The Bertz CT molecular complexity index is 571. The van der Waals surface area contributed by atoms with Gasteiger partial charge in [-0.3, -0.25) is 0 Å². The third kappa shape index (κ3) is 2.19. The molecule has 0 spiro atoms. The van der Waals surface area contributed by atoms with E-state index in [0.29, 0.717) is 5.56 Å². The molecule has 19 heavy (non-hydrogen) atoms. The zero-order chi connectivity index (χ0) is 14.1. The predicted octanol–water partition coefficient (Wildman–Crippen LogP) is 3.69. The van der Waals surface area contributed by atoms with E-state index in [4.69, 9.17) is 10.3 Å². The molecule has 0 aliphatic carbocycles. The Morgan fingerprint density at radius 2 is 2.11 bits per heavy atom. The van der Waals surface area contributed by atoms with Crippen molar-refractivity contribution in [1.29, 1.82) is 0 Å². The van der Waals surface area contributed by atoms with Crippen molar-refractivity contribution in [3.63, 3.8) is 0 Å². The van der Waals surface area contributed by atoms with Crippen LogP contribution in [-0.2, 0) is 12.2 Å². The van der Waals surface area contributed by atoms with E-state index in [1.165, 1.54) is 25.3 Å². The maximum atomic E-state index is 12.8. The van der Waals surface area contributed by atoms with Crippen molar-refractivity contribution in [2.75, 3.05) is 7.11 Å². The second kappa shape index (κ2) is 4.43. The van der Waals surface area contributed by atoms with Gasteiger partial charge < -0.3 is 4.74 Å². The molecule has 0 saturated heterocycles. The fourth-order valence-corrected chi connectivity index (χ4v) is 1.64. The third-order valence-electron chi connectivity index (χ3n) is 2.69. The van der Waals surface area contributed by atoms with Crippen LogP contribution in [0.15, 0.2) is 33.5 Å². The Kier molecular flexibility index (Phi) is 3.07. The van der Waals surface area contributed by atoms with Crippen LogP contribution in [0.25, 0.3) is 10.4 Å². The van der Waals surface area contributed by atoms with E-state index in [1.54, 1.807) is 0 Å². The predicted molar refractivity (Wildman–Crippen MR) is 58.4 cm³/mol. The molecule has 0 aromatic heterocycles. The maximum absolute atomic E-state index is 12.8. The fourth-order valence-electron chi connectivity index (χ4n) is 1.64. The summed E-state index contributed by atoms with van der Waals surface area (Å²) in [7, 11) is 1.32. The molecule has 0 N–H and O–H groups in total. The van der Waals surface area contributed by atoms with Crippen molar-refractivity contribution in [2.24, 2.45) is 15.3 Å². The van der Waals surface area contributed by atoms with Crippen LogP contribution in [-0.4, -0.2) is 13.3 Å².